The van der Waals surface area contributed by atoms with Gasteiger partial charge in [-0.2, -0.15) is 5.10 Å². The van der Waals surface area contributed by atoms with Crippen LogP contribution in [0.15, 0.2) is 79.1 Å². The summed E-state index contributed by atoms with van der Waals surface area (Å²) >= 11 is 0. The maximum Gasteiger partial charge on any atom is 0.243 e. The molecule has 5 aliphatic heterocycles. The molecule has 0 spiro atoms. The number of piperidine rings is 3. The number of halogens is 1. The second-order valence-electron chi connectivity index (χ2n) is 16.3. The van der Waals surface area contributed by atoms with Crippen molar-refractivity contribution in [3.63, 3.8) is 0 Å². The SMILES string of the molecule is Nc1ncnc2c1c(-c1ccc(Oc3ccccc3)cc1)nn2C1CCC(CN2CC3CCC2CN3c2ccc3c(c2)CN(C2CCC(=O)NC2=O)C3)CC1F. The molecule has 13 heteroatoms. The lowest BCUT2D eigenvalue weighted by atomic mass is 9.82. The summed E-state index contributed by atoms with van der Waals surface area (Å²) in [6.45, 7) is 4.32. The number of imide groups is 1. The van der Waals surface area contributed by atoms with Gasteiger partial charge in [0, 0.05) is 62.5 Å². The summed E-state index contributed by atoms with van der Waals surface area (Å²) in [6.07, 6.45) is 5.73. The number of nitrogens with zero attached hydrogens (tertiary/aromatic N) is 7. The number of nitrogens with two attached hydrogens (primary N) is 1. The Kier molecular flexibility index (Phi) is 8.93. The highest BCUT2D eigenvalue weighted by Gasteiger charge is 2.42. The van der Waals surface area contributed by atoms with E-state index in [0.717, 1.165) is 63.3 Å². The number of nitrogen functional groups attached to an aromatic ring is 1. The number of para-hydroxylation sites is 1. The number of piperazine rings is 1. The minimum atomic E-state index is -1.06. The maximum atomic E-state index is 16.4. The third-order valence-corrected chi connectivity index (χ3v) is 12.8. The average Bonchev–Trinajstić information content (AvgIpc) is 3.81. The fourth-order valence-corrected chi connectivity index (χ4v) is 9.98. The molecule has 6 atom stereocenters. The maximum absolute atomic E-state index is 16.4. The van der Waals surface area contributed by atoms with E-state index >= 15 is 4.39 Å². The van der Waals surface area contributed by atoms with E-state index in [1.165, 1.54) is 23.1 Å². The first-order valence-electron chi connectivity index (χ1n) is 20.0. The molecule has 288 valence electrons. The van der Waals surface area contributed by atoms with Crippen molar-refractivity contribution < 1.29 is 18.7 Å². The molecule has 4 saturated heterocycles. The molecule has 1 saturated carbocycles. The van der Waals surface area contributed by atoms with Crippen LogP contribution in [0.4, 0.5) is 15.9 Å². The zero-order valence-corrected chi connectivity index (χ0v) is 31.3. The molecule has 5 aromatic rings. The monoisotopic (exact) mass is 755 g/mol. The van der Waals surface area contributed by atoms with E-state index in [0.29, 0.717) is 66.1 Å². The molecule has 2 aromatic heterocycles. The molecule has 7 heterocycles. The fourth-order valence-electron chi connectivity index (χ4n) is 9.98. The Balaban J connectivity index is 0.790. The van der Waals surface area contributed by atoms with Gasteiger partial charge >= 0.3 is 0 Å². The Hall–Kier alpha value is -5.40. The number of carbonyl (C=O) groups is 2. The molecule has 12 nitrogen and oxygen atoms in total. The summed E-state index contributed by atoms with van der Waals surface area (Å²) in [7, 11) is 0. The molecule has 3 aromatic carbocycles. The third kappa shape index (κ3) is 6.46. The van der Waals surface area contributed by atoms with Gasteiger partial charge in [-0.1, -0.05) is 24.3 Å². The molecule has 11 rings (SSSR count). The number of hydrogen-bond donors (Lipinski definition) is 2. The van der Waals surface area contributed by atoms with Crippen LogP contribution in [0, 0.1) is 5.92 Å². The minimum Gasteiger partial charge on any atom is -0.457 e. The van der Waals surface area contributed by atoms with Gasteiger partial charge in [0.1, 0.15) is 35.5 Å². The summed E-state index contributed by atoms with van der Waals surface area (Å²) < 4.78 is 24.1. The van der Waals surface area contributed by atoms with Gasteiger partial charge in [-0.15, -0.1) is 0 Å². The highest BCUT2D eigenvalue weighted by molar-refractivity contribution is 6.00. The van der Waals surface area contributed by atoms with Crippen LogP contribution in [-0.2, 0) is 22.7 Å². The number of rotatable bonds is 8. The van der Waals surface area contributed by atoms with E-state index in [4.69, 9.17) is 15.6 Å². The van der Waals surface area contributed by atoms with Gasteiger partial charge in [0.05, 0.1) is 17.5 Å². The van der Waals surface area contributed by atoms with Crippen molar-refractivity contribution in [2.24, 2.45) is 5.92 Å². The topological polar surface area (TPSA) is 135 Å². The number of alkyl halides is 1. The van der Waals surface area contributed by atoms with Crippen LogP contribution in [0.25, 0.3) is 22.3 Å². The number of fused-ring (bicyclic) bond motifs is 5. The van der Waals surface area contributed by atoms with Crippen molar-refractivity contribution in [1.82, 2.24) is 34.9 Å². The van der Waals surface area contributed by atoms with Crippen LogP contribution in [-0.4, -0.2) is 85.3 Å². The standard InChI is InChI=1S/C43H46FN9O3/c44-35-18-26(6-15-36(35)53-42-39(41(45)46-25-47-42)40(49-53)27-8-13-34(14-9-27)56-33-4-2-1-3-5-33)20-50-23-32-12-11-31(50)24-52(32)30-10-7-28-21-51(22-29(28)19-30)37-16-17-38(54)48-43(37)55/h1-5,7-10,13-14,19,25-26,31-32,35-37H,6,11-12,15-18,20-24H2,(H2,45,46,47)(H,48,54,55). The van der Waals surface area contributed by atoms with E-state index in [9.17, 15) is 9.59 Å². The predicted molar refractivity (Wildman–Crippen MR) is 211 cm³/mol. The summed E-state index contributed by atoms with van der Waals surface area (Å²) in [5, 5.41) is 8.13. The predicted octanol–water partition coefficient (Wildman–Crippen LogP) is 6.02. The van der Waals surface area contributed by atoms with Crippen molar-refractivity contribution >= 4 is 34.4 Å². The molecule has 3 N–H and O–H groups in total. The molecule has 2 bridgehead atoms. The fraction of sp³-hybridized carbons (Fsp3) is 0.419. The lowest BCUT2D eigenvalue weighted by Crippen LogP contribution is -2.63. The number of amides is 2. The van der Waals surface area contributed by atoms with E-state index < -0.39 is 12.2 Å². The minimum absolute atomic E-state index is 0.174. The van der Waals surface area contributed by atoms with Crippen LogP contribution in [0.3, 0.4) is 0 Å². The van der Waals surface area contributed by atoms with Crippen molar-refractivity contribution in [3.05, 3.63) is 90.3 Å². The second-order valence-corrected chi connectivity index (χ2v) is 16.3. The second kappa shape index (κ2) is 14.3. The van der Waals surface area contributed by atoms with Crippen molar-refractivity contribution in [1.29, 1.82) is 0 Å². The Morgan fingerprint density at radius 2 is 1.66 bits per heavy atom. The van der Waals surface area contributed by atoms with Gasteiger partial charge in [0.15, 0.2) is 5.65 Å². The zero-order valence-electron chi connectivity index (χ0n) is 31.3. The zero-order chi connectivity index (χ0) is 37.9. The highest BCUT2D eigenvalue weighted by atomic mass is 19.1. The Labute approximate surface area is 324 Å². The number of nitrogens with one attached hydrogen (secondary N) is 1. The quantitative estimate of drug-likeness (QED) is 0.181. The number of hydrogen-bond acceptors (Lipinski definition) is 10. The van der Waals surface area contributed by atoms with E-state index in [1.54, 1.807) is 4.68 Å². The summed E-state index contributed by atoms with van der Waals surface area (Å²) in [5.41, 5.74) is 12.2. The number of aromatic nitrogens is 4. The normalized spacial score (nSPS) is 26.8. The molecule has 56 heavy (non-hydrogen) atoms. The smallest absolute Gasteiger partial charge is 0.243 e. The molecular formula is C43H46FN9O3. The van der Waals surface area contributed by atoms with Gasteiger partial charge in [-0.25, -0.2) is 19.0 Å². The van der Waals surface area contributed by atoms with Crippen molar-refractivity contribution in [3.8, 4) is 22.8 Å². The largest absolute Gasteiger partial charge is 0.457 e. The molecule has 1 aliphatic carbocycles. The summed E-state index contributed by atoms with van der Waals surface area (Å²) in [5.74, 6) is 1.70. The number of carbonyl (C=O) groups excluding carboxylic acids is 2. The molecule has 6 aliphatic rings. The number of anilines is 2. The lowest BCUT2D eigenvalue weighted by Gasteiger charge is -2.53. The molecular weight excluding hydrogens is 710 g/mol. The number of benzene rings is 3. The van der Waals surface area contributed by atoms with Crippen LogP contribution in [0.2, 0.25) is 0 Å². The van der Waals surface area contributed by atoms with Gasteiger partial charge < -0.3 is 15.4 Å². The van der Waals surface area contributed by atoms with E-state index in [-0.39, 0.29) is 23.8 Å². The van der Waals surface area contributed by atoms with Gasteiger partial charge in [0.25, 0.3) is 0 Å². The van der Waals surface area contributed by atoms with Crippen LogP contribution in [0.5, 0.6) is 11.5 Å². The third-order valence-electron chi connectivity index (χ3n) is 12.8. The van der Waals surface area contributed by atoms with Crippen LogP contribution >= 0.6 is 0 Å². The first-order chi connectivity index (χ1) is 27.3. The Morgan fingerprint density at radius 3 is 2.45 bits per heavy atom. The van der Waals surface area contributed by atoms with Gasteiger partial charge in [-0.05, 0) is 104 Å². The summed E-state index contributed by atoms with van der Waals surface area (Å²) in [6, 6.07) is 24.3. The van der Waals surface area contributed by atoms with Crippen molar-refractivity contribution in [2.75, 3.05) is 30.3 Å². The van der Waals surface area contributed by atoms with Gasteiger partial charge in [0.2, 0.25) is 11.8 Å². The molecule has 0 radical (unpaired) electrons. The highest BCUT2D eigenvalue weighted by Crippen LogP contribution is 2.42. The molecule has 5 fully saturated rings. The molecule has 2 amide bonds. The van der Waals surface area contributed by atoms with Crippen LogP contribution in [0.1, 0.15) is 62.1 Å². The van der Waals surface area contributed by atoms with Crippen molar-refractivity contribution in [2.45, 2.75) is 88.4 Å². The first-order valence-corrected chi connectivity index (χ1v) is 20.0. The molecule has 6 unspecified atom stereocenters. The first kappa shape index (κ1) is 35.0. The van der Waals surface area contributed by atoms with Crippen LogP contribution < -0.4 is 20.7 Å². The van der Waals surface area contributed by atoms with Gasteiger partial charge in [-0.3, -0.25) is 24.7 Å². The average molecular weight is 756 g/mol. The number of ether oxygens (including phenoxy) is 1. The summed E-state index contributed by atoms with van der Waals surface area (Å²) in [4.78, 5) is 40.5. The Bertz CT molecular complexity index is 2280. The Morgan fingerprint density at radius 1 is 0.857 bits per heavy atom. The van der Waals surface area contributed by atoms with E-state index in [1.807, 2.05) is 54.6 Å². The van der Waals surface area contributed by atoms with E-state index in [2.05, 4.69) is 48.2 Å². The lowest BCUT2D eigenvalue weighted by molar-refractivity contribution is -0.137.